The van der Waals surface area contributed by atoms with Gasteiger partial charge in [0.2, 0.25) is 0 Å². The number of carbonyl (C=O) groups is 1. The molecule has 5 nitrogen and oxygen atoms in total. The average Bonchev–Trinajstić information content (AvgIpc) is 2.53. The number of carboxylic acid groups (broad SMARTS) is 1. The fraction of sp³-hybridized carbons (Fsp3) is 0.857. The molecule has 0 spiro atoms. The van der Waals surface area contributed by atoms with E-state index in [1.54, 1.807) is 0 Å². The van der Waals surface area contributed by atoms with Crippen LogP contribution in [0.2, 0.25) is 0 Å². The molecule has 3 N–H and O–H groups in total. The molecule has 2 heterocycles. The second-order valence-electron chi connectivity index (χ2n) is 3.30. The van der Waals surface area contributed by atoms with Gasteiger partial charge in [-0.25, -0.2) is 0 Å². The lowest BCUT2D eigenvalue weighted by Gasteiger charge is -2.23. The monoisotopic (exact) mass is 174 g/mol. The van der Waals surface area contributed by atoms with Crippen LogP contribution in [0.5, 0.6) is 0 Å². The Kier molecular flexibility index (Phi) is 1.61. The summed E-state index contributed by atoms with van der Waals surface area (Å²) in [5.41, 5.74) is 0. The van der Waals surface area contributed by atoms with Gasteiger partial charge in [0, 0.05) is 0 Å². The lowest BCUT2D eigenvalue weighted by Crippen LogP contribution is -2.43. The van der Waals surface area contributed by atoms with Crippen molar-refractivity contribution in [3.05, 3.63) is 0 Å². The van der Waals surface area contributed by atoms with Crippen molar-refractivity contribution in [1.82, 2.24) is 0 Å². The first-order valence-electron chi connectivity index (χ1n) is 3.85. The first kappa shape index (κ1) is 7.97. The van der Waals surface area contributed by atoms with Gasteiger partial charge in [-0.05, 0) is 6.42 Å². The summed E-state index contributed by atoms with van der Waals surface area (Å²) >= 11 is 0. The summed E-state index contributed by atoms with van der Waals surface area (Å²) in [6.45, 7) is 0. The van der Waals surface area contributed by atoms with E-state index in [9.17, 15) is 15.0 Å². The van der Waals surface area contributed by atoms with Gasteiger partial charge in [0.15, 0.2) is 0 Å². The minimum Gasteiger partial charge on any atom is -0.481 e. The summed E-state index contributed by atoms with van der Waals surface area (Å²) in [5, 5.41) is 27.2. The molecule has 68 valence electrons. The molecule has 0 aromatic rings. The molecular formula is C7H10O5. The van der Waals surface area contributed by atoms with E-state index < -0.39 is 36.3 Å². The van der Waals surface area contributed by atoms with Gasteiger partial charge in [-0.15, -0.1) is 0 Å². The first-order chi connectivity index (χ1) is 5.61. The summed E-state index contributed by atoms with van der Waals surface area (Å²) in [6.07, 6.45) is -2.86. The van der Waals surface area contributed by atoms with Crippen LogP contribution in [0.15, 0.2) is 0 Å². The summed E-state index contributed by atoms with van der Waals surface area (Å²) in [5.74, 6) is -1.62. The van der Waals surface area contributed by atoms with E-state index in [2.05, 4.69) is 0 Å². The average molecular weight is 174 g/mol. The molecule has 2 bridgehead atoms. The molecule has 0 radical (unpaired) electrons. The zero-order chi connectivity index (χ0) is 8.88. The Hall–Kier alpha value is -0.650. The molecule has 5 heteroatoms. The van der Waals surface area contributed by atoms with Crippen LogP contribution in [0.3, 0.4) is 0 Å². The van der Waals surface area contributed by atoms with E-state index in [1.807, 2.05) is 0 Å². The van der Waals surface area contributed by atoms with E-state index in [1.165, 1.54) is 0 Å². The first-order valence-corrected chi connectivity index (χ1v) is 3.85. The van der Waals surface area contributed by atoms with Crippen molar-refractivity contribution in [1.29, 1.82) is 0 Å². The van der Waals surface area contributed by atoms with E-state index in [0.717, 1.165) is 0 Å². The Labute approximate surface area is 68.6 Å². The van der Waals surface area contributed by atoms with Crippen molar-refractivity contribution >= 4 is 5.97 Å². The van der Waals surface area contributed by atoms with Gasteiger partial charge in [-0.2, -0.15) is 0 Å². The highest BCUT2D eigenvalue weighted by Gasteiger charge is 2.55. The van der Waals surface area contributed by atoms with Crippen LogP contribution in [0, 0.1) is 5.92 Å². The van der Waals surface area contributed by atoms with Gasteiger partial charge in [0.05, 0.1) is 18.1 Å². The van der Waals surface area contributed by atoms with E-state index in [-0.39, 0.29) is 0 Å². The van der Waals surface area contributed by atoms with Crippen LogP contribution in [0.1, 0.15) is 6.42 Å². The van der Waals surface area contributed by atoms with Gasteiger partial charge in [-0.3, -0.25) is 4.79 Å². The van der Waals surface area contributed by atoms with E-state index in [4.69, 9.17) is 9.84 Å². The third-order valence-electron chi connectivity index (χ3n) is 2.60. The number of aliphatic hydroxyl groups is 2. The molecule has 2 aliphatic rings. The predicted octanol–water partition coefficient (Wildman–Crippen LogP) is -1.42. The van der Waals surface area contributed by atoms with Crippen LogP contribution >= 0.6 is 0 Å². The lowest BCUT2D eigenvalue weighted by molar-refractivity contribution is -0.146. The number of rotatable bonds is 1. The molecule has 5 atom stereocenters. The minimum absolute atomic E-state index is 0.304. The molecule has 2 aliphatic heterocycles. The van der Waals surface area contributed by atoms with E-state index in [0.29, 0.717) is 6.42 Å². The zero-order valence-corrected chi connectivity index (χ0v) is 6.25. The Balaban J connectivity index is 2.15. The van der Waals surface area contributed by atoms with Crippen molar-refractivity contribution in [2.24, 2.45) is 5.92 Å². The normalized spacial score (nSPS) is 51.3. The van der Waals surface area contributed by atoms with Crippen LogP contribution in [-0.2, 0) is 9.53 Å². The fourth-order valence-electron chi connectivity index (χ4n) is 1.93. The highest BCUT2D eigenvalue weighted by molar-refractivity contribution is 5.71. The fourth-order valence-corrected chi connectivity index (χ4v) is 1.93. The SMILES string of the molecule is O=C(O)C1C[C@@H]2OC1C(O)[C@@H]2O. The maximum atomic E-state index is 10.6. The van der Waals surface area contributed by atoms with Crippen LogP contribution in [0.25, 0.3) is 0 Å². The zero-order valence-electron chi connectivity index (χ0n) is 6.25. The minimum atomic E-state index is -1.04. The van der Waals surface area contributed by atoms with Crippen LogP contribution in [-0.4, -0.2) is 45.7 Å². The van der Waals surface area contributed by atoms with Crippen LogP contribution < -0.4 is 0 Å². The molecule has 0 saturated carbocycles. The number of hydrogen-bond acceptors (Lipinski definition) is 4. The third-order valence-corrected chi connectivity index (χ3v) is 2.60. The summed E-state index contributed by atoms with van der Waals surface area (Å²) in [7, 11) is 0. The van der Waals surface area contributed by atoms with Gasteiger partial charge >= 0.3 is 5.97 Å². The number of ether oxygens (including phenoxy) is 1. The number of aliphatic carboxylic acids is 1. The summed E-state index contributed by atoms with van der Waals surface area (Å²) < 4.78 is 5.09. The Bertz CT molecular complexity index is 214. The molecule has 0 aromatic heterocycles. The lowest BCUT2D eigenvalue weighted by atomic mass is 9.85. The molecule has 2 saturated heterocycles. The highest BCUT2D eigenvalue weighted by Crippen LogP contribution is 2.39. The number of aliphatic hydroxyl groups excluding tert-OH is 2. The molecule has 3 unspecified atom stereocenters. The molecule has 0 aliphatic carbocycles. The van der Waals surface area contributed by atoms with Gasteiger partial charge in [-0.1, -0.05) is 0 Å². The van der Waals surface area contributed by atoms with Gasteiger partial charge < -0.3 is 20.1 Å². The van der Waals surface area contributed by atoms with Gasteiger partial charge in [0.1, 0.15) is 12.2 Å². The van der Waals surface area contributed by atoms with Crippen LogP contribution in [0.4, 0.5) is 0 Å². The van der Waals surface area contributed by atoms with Crippen molar-refractivity contribution in [3.63, 3.8) is 0 Å². The quantitative estimate of drug-likeness (QED) is 0.454. The molecule has 2 fully saturated rings. The maximum absolute atomic E-state index is 10.6. The summed E-state index contributed by atoms with van der Waals surface area (Å²) in [4.78, 5) is 10.6. The topological polar surface area (TPSA) is 87.0 Å². The van der Waals surface area contributed by atoms with Crippen molar-refractivity contribution in [2.75, 3.05) is 0 Å². The van der Waals surface area contributed by atoms with E-state index >= 15 is 0 Å². The molecule has 2 rings (SSSR count). The summed E-state index contributed by atoms with van der Waals surface area (Å²) in [6, 6.07) is 0. The molecule has 0 amide bonds. The Morgan fingerprint density at radius 2 is 2.00 bits per heavy atom. The third kappa shape index (κ3) is 0.872. The molecule has 0 aromatic carbocycles. The molecular weight excluding hydrogens is 164 g/mol. The predicted molar refractivity (Wildman–Crippen MR) is 36.4 cm³/mol. The number of hydrogen-bond donors (Lipinski definition) is 3. The van der Waals surface area contributed by atoms with Gasteiger partial charge in [0.25, 0.3) is 0 Å². The second kappa shape index (κ2) is 2.42. The highest BCUT2D eigenvalue weighted by atomic mass is 16.6. The largest absolute Gasteiger partial charge is 0.481 e. The number of carboxylic acids is 1. The van der Waals surface area contributed by atoms with Crippen molar-refractivity contribution in [2.45, 2.75) is 30.8 Å². The molecule has 12 heavy (non-hydrogen) atoms. The van der Waals surface area contributed by atoms with Crippen molar-refractivity contribution in [3.8, 4) is 0 Å². The smallest absolute Gasteiger partial charge is 0.309 e. The Morgan fingerprint density at radius 3 is 2.42 bits per heavy atom. The van der Waals surface area contributed by atoms with Crippen molar-refractivity contribution < 1.29 is 24.9 Å². The number of fused-ring (bicyclic) bond motifs is 2. The maximum Gasteiger partial charge on any atom is 0.309 e. The second-order valence-corrected chi connectivity index (χ2v) is 3.30. The Morgan fingerprint density at radius 1 is 1.33 bits per heavy atom. The standard InChI is InChI=1S/C7H10O5/c8-4-3-1-2(7(10)11)6(12-3)5(4)9/h2-6,8-9H,1H2,(H,10,11)/t2?,3-,4+,5?,6?/m0/s1.